The maximum atomic E-state index is 9.92. The van der Waals surface area contributed by atoms with Crippen molar-refractivity contribution in [1.82, 2.24) is 14.1 Å². The van der Waals surface area contributed by atoms with Crippen molar-refractivity contribution in [3.05, 3.63) is 296 Å². The number of pyridine rings is 1. The van der Waals surface area contributed by atoms with Crippen LogP contribution in [0.1, 0.15) is 73.1 Å². The van der Waals surface area contributed by atoms with Gasteiger partial charge < -0.3 is 4.74 Å². The van der Waals surface area contributed by atoms with Gasteiger partial charge in [-0.3, -0.25) is 4.57 Å². The van der Waals surface area contributed by atoms with E-state index in [9.17, 15) is 19.2 Å². The van der Waals surface area contributed by atoms with E-state index in [0.29, 0.717) is 83.9 Å². The average molecular weight is 1120 g/mol. The summed E-state index contributed by atoms with van der Waals surface area (Å²) in [5.41, 5.74) is 4.73. The number of hydrogen-bond acceptors (Lipinski definition) is 2. The van der Waals surface area contributed by atoms with E-state index in [1.165, 1.54) is 12.1 Å². The van der Waals surface area contributed by atoms with Gasteiger partial charge in [0.15, 0.2) is 19.1 Å². The SMILES string of the molecule is [2H]c1c([2H])c([2H])c(-c2cc3c4c(c2)n(-c2cccc(Oc5ccc6c7ccccc7n(-c7cc(C([2H])([2H])[2H])c(C([2H])([2H])[2H])cn7)c6c5)c2)c[n+]4-c2c(cccc2C(C)(C)C)-c2cc([Si](c4c([2H])c([2H])c([2H])c([2H])c4[2H])(c4c([2H])c([2H])c([2H])c([2H])c4[2H])c4c([2H])c([2H])c([2H])c([2H])c4[2H])ccc2-c2ccccc2-3)c([2H])c1[2H]. The summed E-state index contributed by atoms with van der Waals surface area (Å²) in [4.78, 5) is 4.55. The molecule has 0 bridgehead atoms. The quantitative estimate of drug-likeness (QED) is 0.0820. The third kappa shape index (κ3) is 8.27. The highest BCUT2D eigenvalue weighted by Gasteiger charge is 2.43. The lowest BCUT2D eigenvalue weighted by molar-refractivity contribution is -0.567. The Labute approximate surface area is 528 Å². The summed E-state index contributed by atoms with van der Waals surface area (Å²) in [6.07, 6.45) is 2.89. The number of nitrogens with zero attached hydrogens (tertiary/aromatic N) is 4. The highest BCUT2D eigenvalue weighted by molar-refractivity contribution is 7.20. The first-order chi connectivity index (χ1) is 51.8. The first-order valence-corrected chi connectivity index (χ1v) is 28.9. The van der Waals surface area contributed by atoms with Gasteiger partial charge in [0.05, 0.1) is 38.4 Å². The van der Waals surface area contributed by atoms with Crippen LogP contribution in [0.5, 0.6) is 11.5 Å². The first kappa shape index (κ1) is 30.2. The van der Waals surface area contributed by atoms with Crippen molar-refractivity contribution < 1.29 is 44.9 Å². The molecule has 15 rings (SSSR count). The van der Waals surface area contributed by atoms with Crippen molar-refractivity contribution in [1.29, 1.82) is 0 Å². The molecular formula is C78H61N4OSi+. The van der Waals surface area contributed by atoms with Crippen LogP contribution in [0.2, 0.25) is 0 Å². The Kier molecular flexibility index (Phi) is 7.23. The Morgan fingerprint density at radius 2 is 1.10 bits per heavy atom. The summed E-state index contributed by atoms with van der Waals surface area (Å²) >= 11 is 0. The van der Waals surface area contributed by atoms with E-state index < -0.39 is 169 Å². The second kappa shape index (κ2) is 20.1. The number of ether oxygens (including phenoxy) is 1. The van der Waals surface area contributed by atoms with Gasteiger partial charge >= 0.3 is 0 Å². The lowest BCUT2D eigenvalue weighted by atomic mass is 9.82. The van der Waals surface area contributed by atoms with Crippen LogP contribution in [0.25, 0.3) is 94.5 Å². The van der Waals surface area contributed by atoms with Crippen LogP contribution in [0, 0.1) is 13.7 Å². The van der Waals surface area contributed by atoms with Gasteiger partial charge in [-0.05, 0) is 133 Å². The topological polar surface area (TPSA) is 35.9 Å². The molecule has 1 aliphatic heterocycles. The molecule has 14 aromatic rings. The molecule has 1 aliphatic rings. The standard InChI is InChI=1S/C78H61N4OSi/c1-52-44-75(79-50-53(52)2)82-72-39-21-20-36-66(72)67-42-40-58(48-73(67)82)83-57-27-22-26-56(47-57)80-51-81-76-68(37-23-38-71(76)78(3,4)5)69-49-62(84(59-28-12-7-13-29-59,60-30-14-8-15-31-60)61-32-16-9-17-33-61)41-43-65(69)63-34-18-19-35-64(63)70-45-55(46-74(80)77(70)81)54-24-10-6-11-25-54/h6-51H,1-5H3/q+1/i1D3,2D3,6D,7D,8D,9D,10D,11D,12D,13D,14D,15D,16D,17D,24D,25D,28D,29D,30D,31D,32D,33D. The molecule has 0 aliphatic carbocycles. The lowest BCUT2D eigenvalue weighted by Crippen LogP contribution is -2.74. The van der Waals surface area contributed by atoms with E-state index in [1.807, 2.05) is 103 Å². The summed E-state index contributed by atoms with van der Waals surface area (Å²) in [6.45, 7) is 0.352. The molecule has 11 aromatic carbocycles. The summed E-state index contributed by atoms with van der Waals surface area (Å²) in [6, 6.07) is 25.4. The van der Waals surface area contributed by atoms with Gasteiger partial charge in [0.25, 0.3) is 6.33 Å². The third-order valence-electron chi connectivity index (χ3n) is 15.7. The second-order valence-electron chi connectivity index (χ2n) is 21.5. The van der Waals surface area contributed by atoms with Crippen LogP contribution in [0.3, 0.4) is 0 Å². The van der Waals surface area contributed by atoms with Crippen molar-refractivity contribution >= 4 is 61.7 Å². The maximum absolute atomic E-state index is 9.92. The highest BCUT2D eigenvalue weighted by atomic mass is 28.3. The minimum absolute atomic E-state index is 0.134. The Morgan fingerprint density at radius 3 is 1.80 bits per heavy atom. The maximum Gasteiger partial charge on any atom is 0.255 e. The number of fused-ring (bicyclic) bond motifs is 10. The van der Waals surface area contributed by atoms with Crippen molar-refractivity contribution in [2.45, 2.75) is 39.9 Å². The van der Waals surface area contributed by atoms with Gasteiger partial charge in [-0.1, -0.05) is 227 Å². The number of rotatable bonds is 9. The van der Waals surface area contributed by atoms with Gasteiger partial charge in [-0.25, -0.2) is 4.98 Å². The van der Waals surface area contributed by atoms with Crippen LogP contribution >= 0.6 is 0 Å². The fourth-order valence-corrected chi connectivity index (χ4v) is 15.8. The molecule has 0 radical (unpaired) electrons. The molecule has 0 spiro atoms. The van der Waals surface area contributed by atoms with E-state index in [0.717, 1.165) is 17.0 Å². The molecule has 0 amide bonds. The zero-order valence-electron chi connectivity index (χ0n) is 71.2. The molecule has 84 heavy (non-hydrogen) atoms. The molecule has 6 heteroatoms. The van der Waals surface area contributed by atoms with Crippen LogP contribution < -0.4 is 30.1 Å². The van der Waals surface area contributed by atoms with Gasteiger partial charge in [-0.15, -0.1) is 0 Å². The Bertz CT molecular complexity index is 6090. The van der Waals surface area contributed by atoms with Crippen LogP contribution in [-0.4, -0.2) is 22.2 Å². The van der Waals surface area contributed by atoms with Crippen molar-refractivity contribution in [2.24, 2.45) is 0 Å². The van der Waals surface area contributed by atoms with E-state index in [4.69, 9.17) is 21.2 Å². The molecule has 0 saturated carbocycles. The molecule has 0 saturated heterocycles. The van der Waals surface area contributed by atoms with Gasteiger partial charge in [0.1, 0.15) is 28.7 Å². The van der Waals surface area contributed by atoms with Crippen molar-refractivity contribution in [3.8, 4) is 73.2 Å². The molecule has 4 heterocycles. The van der Waals surface area contributed by atoms with E-state index >= 15 is 0 Å². The van der Waals surface area contributed by atoms with Crippen LogP contribution in [0.4, 0.5) is 0 Å². The van der Waals surface area contributed by atoms with Crippen LogP contribution in [-0.2, 0) is 5.41 Å². The number of imidazole rings is 1. The Balaban J connectivity index is 1.05. The smallest absolute Gasteiger partial charge is 0.255 e. The summed E-state index contributed by atoms with van der Waals surface area (Å²) < 4.78 is 249. The molecule has 0 atom stereocenters. The number of aromatic nitrogens is 4. The zero-order valence-corrected chi connectivity index (χ0v) is 46.2. The van der Waals surface area contributed by atoms with Gasteiger partial charge in [0, 0.05) is 54.0 Å². The second-order valence-corrected chi connectivity index (χ2v) is 25.1. The number of hydrogen-bond donors (Lipinski definition) is 0. The average Bonchev–Trinajstić information content (AvgIpc) is 0.854. The molecule has 0 N–H and O–H groups in total. The van der Waals surface area contributed by atoms with Gasteiger partial charge in [0.2, 0.25) is 0 Å². The summed E-state index contributed by atoms with van der Waals surface area (Å²) in [5.74, 6) is 0.736. The fourth-order valence-electron chi connectivity index (χ4n) is 12.0. The van der Waals surface area contributed by atoms with Gasteiger partial charge in [-0.2, -0.15) is 9.13 Å². The Morgan fingerprint density at radius 1 is 0.476 bits per heavy atom. The molecule has 5 nitrogen and oxygen atoms in total. The monoisotopic (exact) mass is 1120 g/mol. The summed E-state index contributed by atoms with van der Waals surface area (Å²) in [7, 11) is -5.74. The van der Waals surface area contributed by atoms with E-state index in [-0.39, 0.29) is 27.7 Å². The Hall–Kier alpha value is -10.1. The number of para-hydroxylation sites is 2. The highest BCUT2D eigenvalue weighted by Crippen LogP contribution is 2.47. The first-order valence-electron chi connectivity index (χ1n) is 39.9. The molecule has 3 aromatic heterocycles. The van der Waals surface area contributed by atoms with E-state index in [1.54, 1.807) is 71.3 Å². The minimum atomic E-state index is -5.74. The molecular weight excluding hydrogens is 1040 g/mol. The van der Waals surface area contributed by atoms with Crippen LogP contribution in [0.15, 0.2) is 279 Å². The largest absolute Gasteiger partial charge is 0.457 e. The lowest BCUT2D eigenvalue weighted by Gasteiger charge is -2.35. The predicted octanol–water partition coefficient (Wildman–Crippen LogP) is 16.5. The summed E-state index contributed by atoms with van der Waals surface area (Å²) in [5, 5.41) is -0.651. The zero-order chi connectivity index (χ0) is 79.1. The number of benzene rings is 11. The molecule has 402 valence electrons. The van der Waals surface area contributed by atoms with E-state index in [2.05, 4.69) is 4.98 Å². The fraction of sp³-hybridized carbons (Fsp3) is 0.0769. The molecule has 0 unspecified atom stereocenters. The normalized spacial score (nSPS) is 16.8. The van der Waals surface area contributed by atoms with Crippen molar-refractivity contribution in [2.75, 3.05) is 0 Å². The number of aryl methyl sites for hydroxylation is 2. The van der Waals surface area contributed by atoms with Crippen molar-refractivity contribution in [3.63, 3.8) is 0 Å². The third-order valence-corrected chi connectivity index (χ3v) is 19.8. The molecule has 0 fully saturated rings. The predicted molar refractivity (Wildman–Crippen MR) is 351 cm³/mol. The minimum Gasteiger partial charge on any atom is -0.457 e.